The lowest BCUT2D eigenvalue weighted by Crippen LogP contribution is -2.39. The van der Waals surface area contributed by atoms with Gasteiger partial charge in [0.05, 0.1) is 6.04 Å². The van der Waals surface area contributed by atoms with E-state index in [2.05, 4.69) is 10.3 Å². The van der Waals surface area contributed by atoms with Crippen molar-refractivity contribution in [2.24, 2.45) is 0 Å². The third kappa shape index (κ3) is 4.41. The highest BCUT2D eigenvalue weighted by atomic mass is 32.2. The van der Waals surface area contributed by atoms with Crippen molar-refractivity contribution < 1.29 is 13.2 Å². The molecule has 0 bridgehead atoms. The highest BCUT2D eigenvalue weighted by Gasteiger charge is 2.27. The summed E-state index contributed by atoms with van der Waals surface area (Å²) in [7, 11) is -3.46. The van der Waals surface area contributed by atoms with Crippen molar-refractivity contribution in [1.82, 2.24) is 10.3 Å². The Balaban J connectivity index is 2.43. The first-order valence-corrected chi connectivity index (χ1v) is 9.61. The molecule has 0 saturated carbocycles. The van der Waals surface area contributed by atoms with Gasteiger partial charge in [-0.25, -0.2) is 8.42 Å². The summed E-state index contributed by atoms with van der Waals surface area (Å²) >= 11 is 0. The molecule has 1 aromatic carbocycles. The molecule has 0 radical (unpaired) electrons. The number of nitrogens with zero attached hydrogens (tertiary/aromatic N) is 1. The van der Waals surface area contributed by atoms with Crippen LogP contribution in [0.3, 0.4) is 0 Å². The monoisotopic (exact) mass is 346 g/mol. The summed E-state index contributed by atoms with van der Waals surface area (Å²) in [5.41, 5.74) is 3.85. The van der Waals surface area contributed by atoms with E-state index in [1.165, 1.54) is 6.92 Å². The van der Waals surface area contributed by atoms with Crippen molar-refractivity contribution in [1.29, 1.82) is 0 Å². The molecule has 0 spiro atoms. The van der Waals surface area contributed by atoms with Crippen LogP contribution in [0.25, 0.3) is 0 Å². The summed E-state index contributed by atoms with van der Waals surface area (Å²) in [6.07, 6.45) is 4.39. The van der Waals surface area contributed by atoms with Crippen molar-refractivity contribution in [3.05, 3.63) is 65.0 Å². The van der Waals surface area contributed by atoms with Gasteiger partial charge in [0.15, 0.2) is 9.84 Å². The largest absolute Gasteiger partial charge is 0.344 e. The van der Waals surface area contributed by atoms with Crippen molar-refractivity contribution in [3.8, 4) is 0 Å². The van der Waals surface area contributed by atoms with Crippen LogP contribution in [0.5, 0.6) is 0 Å². The first-order valence-electron chi connectivity index (χ1n) is 7.66. The van der Waals surface area contributed by atoms with E-state index >= 15 is 0 Å². The Labute approximate surface area is 143 Å². The van der Waals surface area contributed by atoms with Crippen LogP contribution in [0, 0.1) is 13.8 Å². The minimum Gasteiger partial charge on any atom is -0.344 e. The van der Waals surface area contributed by atoms with Crippen LogP contribution in [0.2, 0.25) is 0 Å². The van der Waals surface area contributed by atoms with Gasteiger partial charge >= 0.3 is 0 Å². The Morgan fingerprint density at radius 1 is 1.12 bits per heavy atom. The molecule has 2 rings (SSSR count). The maximum atomic E-state index is 12.4. The van der Waals surface area contributed by atoms with Gasteiger partial charge in [-0.15, -0.1) is 0 Å². The Bertz CT molecular complexity index is 812. The molecular formula is C18H22N2O3S. The van der Waals surface area contributed by atoms with Crippen LogP contribution in [0.1, 0.15) is 35.2 Å². The number of hydrogen-bond acceptors (Lipinski definition) is 4. The molecule has 0 fully saturated rings. The van der Waals surface area contributed by atoms with Gasteiger partial charge < -0.3 is 5.32 Å². The summed E-state index contributed by atoms with van der Waals surface area (Å²) in [5, 5.41) is 1.74. The molecule has 1 N–H and O–H groups in total. The molecule has 24 heavy (non-hydrogen) atoms. The molecule has 0 aliphatic carbocycles. The average Bonchev–Trinajstić information content (AvgIpc) is 2.50. The predicted octanol–water partition coefficient (Wildman–Crippen LogP) is 2.34. The summed E-state index contributed by atoms with van der Waals surface area (Å²) in [6.45, 7) is 5.36. The van der Waals surface area contributed by atoms with Crippen molar-refractivity contribution >= 4 is 15.7 Å². The first kappa shape index (κ1) is 18.1. The second kappa shape index (κ2) is 7.13. The minimum absolute atomic E-state index is 0.450. The van der Waals surface area contributed by atoms with Crippen LogP contribution in [0.15, 0.2) is 42.7 Å². The Morgan fingerprint density at radius 3 is 2.25 bits per heavy atom. The van der Waals surface area contributed by atoms with Crippen LogP contribution in [-0.4, -0.2) is 30.8 Å². The normalized spacial score (nSPS) is 14.0. The van der Waals surface area contributed by atoms with E-state index < -0.39 is 27.0 Å². The number of sulfone groups is 1. The lowest BCUT2D eigenvalue weighted by Gasteiger charge is -2.22. The number of aryl methyl sites for hydroxylation is 2. The molecule has 0 aliphatic rings. The third-order valence-corrected chi connectivity index (χ3v) is 5.39. The van der Waals surface area contributed by atoms with Gasteiger partial charge in [-0.2, -0.15) is 0 Å². The fourth-order valence-electron chi connectivity index (χ4n) is 2.54. The van der Waals surface area contributed by atoms with Crippen molar-refractivity contribution in [3.63, 3.8) is 0 Å². The third-order valence-electron chi connectivity index (χ3n) is 3.89. The second-order valence-corrected chi connectivity index (χ2v) is 8.49. The molecule has 6 heteroatoms. The van der Waals surface area contributed by atoms with E-state index in [4.69, 9.17) is 0 Å². The van der Waals surface area contributed by atoms with Gasteiger partial charge in [0.1, 0.15) is 5.25 Å². The number of hydrogen-bond donors (Lipinski definition) is 1. The summed E-state index contributed by atoms with van der Waals surface area (Å²) in [6, 6.07) is 9.21. The van der Waals surface area contributed by atoms with E-state index in [-0.39, 0.29) is 0 Å². The zero-order chi connectivity index (χ0) is 17.9. The molecule has 5 nitrogen and oxygen atoms in total. The molecule has 1 aromatic heterocycles. The number of benzene rings is 1. The molecule has 1 heterocycles. The first-order chi connectivity index (χ1) is 11.2. The van der Waals surface area contributed by atoms with E-state index in [9.17, 15) is 13.2 Å². The van der Waals surface area contributed by atoms with Crippen LogP contribution >= 0.6 is 0 Å². The van der Waals surface area contributed by atoms with E-state index in [0.717, 1.165) is 28.5 Å². The average molecular weight is 346 g/mol. The number of pyridine rings is 1. The van der Waals surface area contributed by atoms with E-state index in [0.29, 0.717) is 0 Å². The molecule has 2 aromatic rings. The maximum Gasteiger partial charge on any atom is 0.238 e. The smallest absolute Gasteiger partial charge is 0.238 e. The van der Waals surface area contributed by atoms with Gasteiger partial charge in [-0.1, -0.05) is 35.4 Å². The van der Waals surface area contributed by atoms with Crippen LogP contribution < -0.4 is 5.32 Å². The number of carbonyl (C=O) groups excluding carboxylic acids is 1. The molecule has 0 unspecified atom stereocenters. The lowest BCUT2D eigenvalue weighted by molar-refractivity contribution is -0.120. The summed E-state index contributed by atoms with van der Waals surface area (Å²) in [4.78, 5) is 16.5. The van der Waals surface area contributed by atoms with Gasteiger partial charge in [-0.05, 0) is 38.0 Å². The van der Waals surface area contributed by atoms with E-state index in [1.807, 2.05) is 38.1 Å². The molecule has 1 amide bonds. The summed E-state index contributed by atoms with van der Waals surface area (Å²) < 4.78 is 23.3. The molecule has 0 aliphatic heterocycles. The van der Waals surface area contributed by atoms with Gasteiger partial charge in [0.25, 0.3) is 0 Å². The highest BCUT2D eigenvalue weighted by Crippen LogP contribution is 2.24. The van der Waals surface area contributed by atoms with Crippen molar-refractivity contribution in [2.45, 2.75) is 32.1 Å². The summed E-state index contributed by atoms with van der Waals surface area (Å²) in [5.74, 6) is -0.523. The molecule has 0 saturated heterocycles. The van der Waals surface area contributed by atoms with Crippen LogP contribution in [-0.2, 0) is 14.6 Å². The highest BCUT2D eigenvalue weighted by molar-refractivity contribution is 7.92. The second-order valence-electron chi connectivity index (χ2n) is 6.12. The molecular weight excluding hydrogens is 324 g/mol. The maximum absolute atomic E-state index is 12.4. The fourth-order valence-corrected chi connectivity index (χ4v) is 2.99. The lowest BCUT2D eigenvalue weighted by atomic mass is 9.96. The topological polar surface area (TPSA) is 76.1 Å². The van der Waals surface area contributed by atoms with Gasteiger partial charge in [0, 0.05) is 18.6 Å². The van der Waals surface area contributed by atoms with Gasteiger partial charge in [-0.3, -0.25) is 9.78 Å². The number of nitrogens with one attached hydrogen (secondary N) is 1. The number of aromatic nitrogens is 1. The zero-order valence-corrected chi connectivity index (χ0v) is 15.1. The number of rotatable bonds is 5. The van der Waals surface area contributed by atoms with E-state index in [1.54, 1.807) is 18.5 Å². The minimum atomic E-state index is -3.46. The Kier molecular flexibility index (Phi) is 5.39. The quantitative estimate of drug-likeness (QED) is 0.901. The number of amides is 1. The molecule has 128 valence electrons. The molecule has 2 atom stereocenters. The SMILES string of the molecule is Cc1cc(C)cc([C@@H](NC(=O)[C@H](C)S(C)(=O)=O)c2cccnc2)c1. The predicted molar refractivity (Wildman–Crippen MR) is 94.4 cm³/mol. The Morgan fingerprint density at radius 2 is 1.75 bits per heavy atom. The van der Waals surface area contributed by atoms with Gasteiger partial charge in [0.2, 0.25) is 5.91 Å². The van der Waals surface area contributed by atoms with Crippen molar-refractivity contribution in [2.75, 3.05) is 6.26 Å². The number of carbonyl (C=O) groups is 1. The Hall–Kier alpha value is -2.21. The fraction of sp³-hybridized carbons (Fsp3) is 0.333. The standard InChI is InChI=1S/C18H22N2O3S/c1-12-8-13(2)10-16(9-12)17(15-6-5-7-19-11-15)20-18(21)14(3)24(4,22)23/h5-11,14,17H,1-4H3,(H,20,21)/t14-,17-/m0/s1. The zero-order valence-electron chi connectivity index (χ0n) is 14.3. The van der Waals surface area contributed by atoms with Crippen LogP contribution in [0.4, 0.5) is 0 Å².